The smallest absolute Gasteiger partial charge is 0.140 e. The minimum atomic E-state index is 0.608. The maximum absolute atomic E-state index is 6.08. The van der Waals surface area contributed by atoms with E-state index >= 15 is 0 Å². The number of rotatable bonds is 3. The summed E-state index contributed by atoms with van der Waals surface area (Å²) in [5.74, 6) is 0.764. The number of nitrogens with two attached hydrogens (primary N) is 1. The van der Waals surface area contributed by atoms with E-state index in [4.69, 9.17) is 22.1 Å². The van der Waals surface area contributed by atoms with Crippen molar-refractivity contribution in [1.29, 1.82) is 0 Å². The Kier molecular flexibility index (Phi) is 3.78. The molecular formula is C11H16ClNO. The van der Waals surface area contributed by atoms with Crippen LogP contribution in [0.25, 0.3) is 0 Å². The Morgan fingerprint density at radius 1 is 1.43 bits per heavy atom. The number of aryl methyl sites for hydroxylation is 1. The van der Waals surface area contributed by atoms with E-state index in [0.717, 1.165) is 17.7 Å². The van der Waals surface area contributed by atoms with Crippen molar-refractivity contribution in [1.82, 2.24) is 0 Å². The fourth-order valence-corrected chi connectivity index (χ4v) is 1.94. The van der Waals surface area contributed by atoms with Crippen molar-refractivity contribution >= 4 is 11.6 Å². The maximum atomic E-state index is 6.08. The summed E-state index contributed by atoms with van der Waals surface area (Å²) in [6, 6.07) is 1.93. The van der Waals surface area contributed by atoms with Crippen molar-refractivity contribution in [3.8, 4) is 5.75 Å². The molecule has 0 saturated heterocycles. The quantitative estimate of drug-likeness (QED) is 0.837. The van der Waals surface area contributed by atoms with Crippen LogP contribution in [-0.4, -0.2) is 13.7 Å². The highest BCUT2D eigenvalue weighted by Gasteiger charge is 2.12. The van der Waals surface area contributed by atoms with Gasteiger partial charge in [0.2, 0.25) is 0 Å². The summed E-state index contributed by atoms with van der Waals surface area (Å²) in [6.45, 7) is 4.72. The van der Waals surface area contributed by atoms with Gasteiger partial charge < -0.3 is 10.5 Å². The number of methoxy groups -OCH3 is 1. The normalized spacial score (nSPS) is 10.4. The standard InChI is InChI=1S/C11H16ClNO/c1-7-6-10(12)11(14-3)9(4-5-13)8(7)2/h6H,4-5,13H2,1-3H3. The fraction of sp³-hybridized carbons (Fsp3) is 0.455. The lowest BCUT2D eigenvalue weighted by atomic mass is 10.00. The molecule has 0 spiro atoms. The van der Waals surface area contributed by atoms with E-state index in [-0.39, 0.29) is 0 Å². The van der Waals surface area contributed by atoms with Crippen molar-refractivity contribution in [2.75, 3.05) is 13.7 Å². The molecule has 2 N–H and O–H groups in total. The average Bonchev–Trinajstić information content (AvgIpc) is 2.14. The molecule has 0 aliphatic carbocycles. The Balaban J connectivity index is 3.32. The van der Waals surface area contributed by atoms with Crippen molar-refractivity contribution < 1.29 is 4.74 Å². The van der Waals surface area contributed by atoms with Crippen LogP contribution in [0.4, 0.5) is 0 Å². The summed E-state index contributed by atoms with van der Waals surface area (Å²) in [5.41, 5.74) is 9.08. The van der Waals surface area contributed by atoms with E-state index in [1.54, 1.807) is 7.11 Å². The summed E-state index contributed by atoms with van der Waals surface area (Å²) in [5, 5.41) is 0.666. The molecule has 0 aliphatic rings. The average molecular weight is 214 g/mol. The zero-order valence-electron chi connectivity index (χ0n) is 8.86. The molecule has 78 valence electrons. The third kappa shape index (κ3) is 2.02. The molecule has 1 aromatic carbocycles. The van der Waals surface area contributed by atoms with Crippen molar-refractivity contribution in [3.05, 3.63) is 27.8 Å². The van der Waals surface area contributed by atoms with Crippen molar-refractivity contribution in [2.45, 2.75) is 20.3 Å². The Labute approximate surface area is 90.0 Å². The monoisotopic (exact) mass is 213 g/mol. The van der Waals surface area contributed by atoms with Gasteiger partial charge in [-0.25, -0.2) is 0 Å². The third-order valence-corrected chi connectivity index (χ3v) is 2.76. The summed E-state index contributed by atoms with van der Waals surface area (Å²) < 4.78 is 5.28. The Bertz CT molecular complexity index is 337. The van der Waals surface area contributed by atoms with Crippen molar-refractivity contribution in [2.24, 2.45) is 5.73 Å². The van der Waals surface area contributed by atoms with E-state index in [0.29, 0.717) is 11.6 Å². The van der Waals surface area contributed by atoms with Crippen LogP contribution in [0.2, 0.25) is 5.02 Å². The topological polar surface area (TPSA) is 35.2 Å². The molecule has 0 atom stereocenters. The molecule has 14 heavy (non-hydrogen) atoms. The summed E-state index contributed by atoms with van der Waals surface area (Å²) >= 11 is 6.08. The molecule has 0 aliphatic heterocycles. The maximum Gasteiger partial charge on any atom is 0.140 e. The van der Waals surface area contributed by atoms with E-state index < -0.39 is 0 Å². The molecule has 0 amide bonds. The van der Waals surface area contributed by atoms with Crippen LogP contribution < -0.4 is 10.5 Å². The first kappa shape index (κ1) is 11.3. The predicted octanol–water partition coefficient (Wildman–Crippen LogP) is 2.47. The van der Waals surface area contributed by atoms with Crippen LogP contribution >= 0.6 is 11.6 Å². The first-order chi connectivity index (χ1) is 6.61. The highest BCUT2D eigenvalue weighted by molar-refractivity contribution is 6.32. The molecule has 0 radical (unpaired) electrons. The molecule has 1 aromatic rings. The highest BCUT2D eigenvalue weighted by atomic mass is 35.5. The zero-order chi connectivity index (χ0) is 10.7. The first-order valence-electron chi connectivity index (χ1n) is 4.64. The van der Waals surface area contributed by atoms with Crippen molar-refractivity contribution in [3.63, 3.8) is 0 Å². The van der Waals surface area contributed by atoms with Gasteiger partial charge in [-0.3, -0.25) is 0 Å². The lowest BCUT2D eigenvalue weighted by molar-refractivity contribution is 0.409. The number of benzene rings is 1. The molecule has 0 fully saturated rings. The second-order valence-corrected chi connectivity index (χ2v) is 3.76. The molecule has 0 unspecified atom stereocenters. The second kappa shape index (κ2) is 4.67. The minimum Gasteiger partial charge on any atom is -0.495 e. The third-order valence-electron chi connectivity index (χ3n) is 2.48. The van der Waals surface area contributed by atoms with E-state index in [9.17, 15) is 0 Å². The fourth-order valence-electron chi connectivity index (χ4n) is 1.58. The van der Waals surface area contributed by atoms with E-state index in [2.05, 4.69) is 6.92 Å². The first-order valence-corrected chi connectivity index (χ1v) is 5.02. The predicted molar refractivity (Wildman–Crippen MR) is 60.2 cm³/mol. The number of halogens is 1. The number of ether oxygens (including phenoxy) is 1. The van der Waals surface area contributed by atoms with Crippen LogP contribution in [0.5, 0.6) is 5.75 Å². The van der Waals surface area contributed by atoms with Crippen LogP contribution in [-0.2, 0) is 6.42 Å². The summed E-state index contributed by atoms with van der Waals surface area (Å²) in [7, 11) is 1.63. The minimum absolute atomic E-state index is 0.608. The van der Waals surface area contributed by atoms with Gasteiger partial charge in [-0.2, -0.15) is 0 Å². The largest absolute Gasteiger partial charge is 0.495 e. The van der Waals surface area contributed by atoms with E-state index in [1.165, 1.54) is 11.1 Å². The highest BCUT2D eigenvalue weighted by Crippen LogP contribution is 2.33. The van der Waals surface area contributed by atoms with Gasteiger partial charge in [-0.05, 0) is 44.0 Å². The molecule has 0 bridgehead atoms. The van der Waals surface area contributed by atoms with Gasteiger partial charge in [0, 0.05) is 5.56 Å². The van der Waals surface area contributed by atoms with Gasteiger partial charge in [-0.15, -0.1) is 0 Å². The van der Waals surface area contributed by atoms with Gasteiger partial charge in [0.15, 0.2) is 0 Å². The Morgan fingerprint density at radius 2 is 2.07 bits per heavy atom. The molecule has 1 rings (SSSR count). The van der Waals surface area contributed by atoms with E-state index in [1.807, 2.05) is 13.0 Å². The number of hydrogen-bond acceptors (Lipinski definition) is 2. The Morgan fingerprint density at radius 3 is 2.57 bits per heavy atom. The summed E-state index contributed by atoms with van der Waals surface area (Å²) in [6.07, 6.45) is 0.802. The number of hydrogen-bond donors (Lipinski definition) is 1. The van der Waals surface area contributed by atoms with Gasteiger partial charge in [0.05, 0.1) is 12.1 Å². The van der Waals surface area contributed by atoms with Gasteiger partial charge in [0.1, 0.15) is 5.75 Å². The molecule has 0 aromatic heterocycles. The molecule has 0 saturated carbocycles. The summed E-state index contributed by atoms with van der Waals surface area (Å²) in [4.78, 5) is 0. The van der Waals surface area contributed by atoms with Crippen LogP contribution in [0.1, 0.15) is 16.7 Å². The SMILES string of the molecule is COc1c(Cl)cc(C)c(C)c1CCN. The Hall–Kier alpha value is -0.730. The van der Waals surface area contributed by atoms with Crippen LogP contribution in [0.3, 0.4) is 0 Å². The van der Waals surface area contributed by atoms with Gasteiger partial charge in [0.25, 0.3) is 0 Å². The lowest BCUT2D eigenvalue weighted by Crippen LogP contribution is -2.07. The molecule has 2 nitrogen and oxygen atoms in total. The molecule has 0 heterocycles. The molecular weight excluding hydrogens is 198 g/mol. The second-order valence-electron chi connectivity index (χ2n) is 3.35. The molecule has 3 heteroatoms. The van der Waals surface area contributed by atoms with Gasteiger partial charge in [-0.1, -0.05) is 11.6 Å². The lowest BCUT2D eigenvalue weighted by Gasteiger charge is -2.14. The van der Waals surface area contributed by atoms with Gasteiger partial charge >= 0.3 is 0 Å². The zero-order valence-corrected chi connectivity index (χ0v) is 9.61. The van der Waals surface area contributed by atoms with Crippen LogP contribution in [0.15, 0.2) is 6.07 Å². The van der Waals surface area contributed by atoms with Crippen LogP contribution in [0, 0.1) is 13.8 Å².